The first-order chi connectivity index (χ1) is 8.65. The highest BCUT2D eigenvalue weighted by Gasteiger charge is 2.13. The van der Waals surface area contributed by atoms with Crippen LogP contribution in [0.5, 0.6) is 0 Å². The van der Waals surface area contributed by atoms with Crippen molar-refractivity contribution in [2.24, 2.45) is 0 Å². The third kappa shape index (κ3) is 1.98. The summed E-state index contributed by atoms with van der Waals surface area (Å²) in [7, 11) is 1.71. The van der Waals surface area contributed by atoms with Gasteiger partial charge in [-0.25, -0.2) is 4.39 Å². The second kappa shape index (κ2) is 4.76. The van der Waals surface area contributed by atoms with Crippen LogP contribution in [0, 0.1) is 17.1 Å². The number of nitrogen functional groups attached to an aromatic ring is 1. The summed E-state index contributed by atoms with van der Waals surface area (Å²) in [5.41, 5.74) is 7.66. The van der Waals surface area contributed by atoms with Gasteiger partial charge >= 0.3 is 0 Å². The number of benzene rings is 2. The Labute approximate surface area is 105 Å². The summed E-state index contributed by atoms with van der Waals surface area (Å²) in [6.45, 7) is 0. The van der Waals surface area contributed by atoms with E-state index in [0.29, 0.717) is 22.6 Å². The van der Waals surface area contributed by atoms with Crippen molar-refractivity contribution in [3.8, 4) is 6.07 Å². The van der Waals surface area contributed by atoms with Crippen LogP contribution in [0.15, 0.2) is 42.5 Å². The second-order valence-corrected chi connectivity index (χ2v) is 3.86. The summed E-state index contributed by atoms with van der Waals surface area (Å²) in [5, 5.41) is 8.93. The monoisotopic (exact) mass is 241 g/mol. The van der Waals surface area contributed by atoms with Crippen LogP contribution in [0.3, 0.4) is 0 Å². The molecule has 18 heavy (non-hydrogen) atoms. The van der Waals surface area contributed by atoms with Gasteiger partial charge in [0.2, 0.25) is 0 Å². The molecule has 0 heterocycles. The number of anilines is 3. The maximum Gasteiger partial charge on any atom is 0.146 e. The van der Waals surface area contributed by atoms with E-state index in [-0.39, 0.29) is 5.82 Å². The average molecular weight is 241 g/mol. The van der Waals surface area contributed by atoms with Crippen molar-refractivity contribution < 1.29 is 4.39 Å². The Bertz CT molecular complexity index is 617. The number of hydrogen-bond donors (Lipinski definition) is 1. The van der Waals surface area contributed by atoms with Gasteiger partial charge in [-0.1, -0.05) is 18.2 Å². The first-order valence-corrected chi connectivity index (χ1v) is 5.42. The molecule has 0 atom stereocenters. The fourth-order valence-electron chi connectivity index (χ4n) is 1.80. The lowest BCUT2D eigenvalue weighted by atomic mass is 10.1. The molecule has 2 N–H and O–H groups in total. The van der Waals surface area contributed by atoms with Gasteiger partial charge in [0.15, 0.2) is 0 Å². The molecule has 0 aliphatic heterocycles. The van der Waals surface area contributed by atoms with E-state index in [9.17, 15) is 4.39 Å². The largest absolute Gasteiger partial charge is 0.396 e. The van der Waals surface area contributed by atoms with Crippen LogP contribution in [0.2, 0.25) is 0 Å². The van der Waals surface area contributed by atoms with Gasteiger partial charge in [-0.05, 0) is 24.3 Å². The highest BCUT2D eigenvalue weighted by molar-refractivity contribution is 5.78. The molecule has 0 saturated carbocycles. The molecule has 4 heteroatoms. The molecule has 0 aliphatic rings. The summed E-state index contributed by atoms with van der Waals surface area (Å²) >= 11 is 0. The predicted molar refractivity (Wildman–Crippen MR) is 70.0 cm³/mol. The van der Waals surface area contributed by atoms with E-state index < -0.39 is 0 Å². The highest BCUT2D eigenvalue weighted by Crippen LogP contribution is 2.32. The van der Waals surface area contributed by atoms with E-state index in [1.807, 2.05) is 6.07 Å². The molecular formula is C14H12FN3. The molecule has 0 aliphatic carbocycles. The Kier molecular flexibility index (Phi) is 3.16. The SMILES string of the molecule is CN(c1ccccc1F)c1cccc(C#N)c1N. The van der Waals surface area contributed by atoms with Crippen molar-refractivity contribution in [2.75, 3.05) is 17.7 Å². The van der Waals surface area contributed by atoms with Gasteiger partial charge in [-0.15, -0.1) is 0 Å². The molecular weight excluding hydrogens is 229 g/mol. The lowest BCUT2D eigenvalue weighted by Crippen LogP contribution is -2.13. The van der Waals surface area contributed by atoms with Crippen molar-refractivity contribution >= 4 is 17.1 Å². The van der Waals surface area contributed by atoms with Crippen molar-refractivity contribution in [3.05, 3.63) is 53.8 Å². The Morgan fingerprint density at radius 2 is 1.78 bits per heavy atom. The van der Waals surface area contributed by atoms with E-state index in [2.05, 4.69) is 0 Å². The van der Waals surface area contributed by atoms with Crippen LogP contribution in [0.25, 0.3) is 0 Å². The summed E-state index contributed by atoms with van der Waals surface area (Å²) in [6.07, 6.45) is 0. The van der Waals surface area contributed by atoms with Gasteiger partial charge in [0.05, 0.1) is 22.6 Å². The summed E-state index contributed by atoms with van der Waals surface area (Å²) in [4.78, 5) is 1.63. The third-order valence-corrected chi connectivity index (χ3v) is 2.78. The molecule has 0 radical (unpaired) electrons. The molecule has 2 rings (SSSR count). The van der Waals surface area contributed by atoms with Crippen molar-refractivity contribution in [3.63, 3.8) is 0 Å². The van der Waals surface area contributed by atoms with E-state index in [4.69, 9.17) is 11.0 Å². The quantitative estimate of drug-likeness (QED) is 0.822. The number of para-hydroxylation sites is 2. The Morgan fingerprint density at radius 3 is 2.44 bits per heavy atom. The average Bonchev–Trinajstić information content (AvgIpc) is 2.39. The van der Waals surface area contributed by atoms with E-state index in [0.717, 1.165) is 0 Å². The molecule has 0 unspecified atom stereocenters. The fraction of sp³-hybridized carbons (Fsp3) is 0.0714. The standard InChI is InChI=1S/C14H12FN3/c1-18(12-7-3-2-6-11(12)15)13-8-4-5-10(9-16)14(13)17/h2-8H,17H2,1H3. The molecule has 0 amide bonds. The summed E-state index contributed by atoms with van der Waals surface area (Å²) in [5.74, 6) is -0.332. The minimum atomic E-state index is -0.332. The van der Waals surface area contributed by atoms with Gasteiger partial charge < -0.3 is 10.6 Å². The first kappa shape index (κ1) is 11.9. The van der Waals surface area contributed by atoms with Crippen LogP contribution in [0.4, 0.5) is 21.5 Å². The smallest absolute Gasteiger partial charge is 0.146 e. The molecule has 0 bridgehead atoms. The zero-order valence-electron chi connectivity index (χ0n) is 9.89. The number of halogens is 1. The normalized spacial score (nSPS) is 9.83. The number of nitriles is 1. The van der Waals surface area contributed by atoms with E-state index in [1.165, 1.54) is 6.07 Å². The number of nitrogens with two attached hydrogens (primary N) is 1. The Morgan fingerprint density at radius 1 is 1.11 bits per heavy atom. The zero-order chi connectivity index (χ0) is 13.1. The second-order valence-electron chi connectivity index (χ2n) is 3.86. The molecule has 0 saturated heterocycles. The maximum absolute atomic E-state index is 13.7. The van der Waals surface area contributed by atoms with E-state index in [1.54, 1.807) is 48.3 Å². The predicted octanol–water partition coefficient (Wildman–Crippen LogP) is 3.05. The molecule has 2 aromatic rings. The van der Waals surface area contributed by atoms with Crippen LogP contribution in [-0.4, -0.2) is 7.05 Å². The molecule has 0 spiro atoms. The van der Waals surface area contributed by atoms with Gasteiger partial charge in [-0.2, -0.15) is 5.26 Å². The van der Waals surface area contributed by atoms with Crippen LogP contribution >= 0.6 is 0 Å². The molecule has 90 valence electrons. The fourth-order valence-corrected chi connectivity index (χ4v) is 1.80. The first-order valence-electron chi connectivity index (χ1n) is 5.42. The zero-order valence-corrected chi connectivity index (χ0v) is 9.89. The summed E-state index contributed by atoms with van der Waals surface area (Å²) in [6, 6.07) is 13.5. The summed E-state index contributed by atoms with van der Waals surface area (Å²) < 4.78 is 13.7. The van der Waals surface area contributed by atoms with Crippen LogP contribution in [-0.2, 0) is 0 Å². The van der Waals surface area contributed by atoms with Crippen molar-refractivity contribution in [2.45, 2.75) is 0 Å². The van der Waals surface area contributed by atoms with Crippen molar-refractivity contribution in [1.82, 2.24) is 0 Å². The van der Waals surface area contributed by atoms with Crippen LogP contribution < -0.4 is 10.6 Å². The Hall–Kier alpha value is -2.54. The van der Waals surface area contributed by atoms with Gasteiger partial charge in [-0.3, -0.25) is 0 Å². The lowest BCUT2D eigenvalue weighted by molar-refractivity contribution is 0.627. The number of rotatable bonds is 2. The number of nitrogens with zero attached hydrogens (tertiary/aromatic N) is 2. The molecule has 3 nitrogen and oxygen atoms in total. The third-order valence-electron chi connectivity index (χ3n) is 2.78. The molecule has 0 aromatic heterocycles. The lowest BCUT2D eigenvalue weighted by Gasteiger charge is -2.22. The highest BCUT2D eigenvalue weighted by atomic mass is 19.1. The molecule has 2 aromatic carbocycles. The van der Waals surface area contributed by atoms with Crippen molar-refractivity contribution in [1.29, 1.82) is 5.26 Å². The Balaban J connectivity index is 2.51. The minimum Gasteiger partial charge on any atom is -0.396 e. The van der Waals surface area contributed by atoms with Gasteiger partial charge in [0.1, 0.15) is 11.9 Å². The van der Waals surface area contributed by atoms with Gasteiger partial charge in [0, 0.05) is 7.05 Å². The topological polar surface area (TPSA) is 53.0 Å². The molecule has 0 fully saturated rings. The van der Waals surface area contributed by atoms with Crippen LogP contribution in [0.1, 0.15) is 5.56 Å². The van der Waals surface area contributed by atoms with E-state index >= 15 is 0 Å². The minimum absolute atomic E-state index is 0.332. The number of hydrogen-bond acceptors (Lipinski definition) is 3. The van der Waals surface area contributed by atoms with Gasteiger partial charge in [0.25, 0.3) is 0 Å². The maximum atomic E-state index is 13.7.